The predicted octanol–water partition coefficient (Wildman–Crippen LogP) is 2.48. The van der Waals surface area contributed by atoms with Crippen LogP contribution in [0.4, 0.5) is 10.5 Å². The summed E-state index contributed by atoms with van der Waals surface area (Å²) >= 11 is 3.19. The van der Waals surface area contributed by atoms with E-state index in [4.69, 9.17) is 5.11 Å². The normalized spacial score (nSPS) is 22.8. The molecule has 6 nitrogen and oxygen atoms in total. The fourth-order valence-electron chi connectivity index (χ4n) is 2.35. The fraction of sp³-hybridized carbons (Fsp3) is 0.583. The van der Waals surface area contributed by atoms with E-state index in [9.17, 15) is 4.79 Å². The number of rotatable bonds is 4. The second kappa shape index (κ2) is 6.70. The van der Waals surface area contributed by atoms with Crippen LogP contribution in [-0.2, 0) is 0 Å². The summed E-state index contributed by atoms with van der Waals surface area (Å²) in [5, 5.41) is 14.5. The maximum Gasteiger partial charge on any atom is 0.404 e. The number of aromatic nitrogens is 2. The van der Waals surface area contributed by atoms with Crippen LogP contribution in [0, 0.1) is 5.92 Å². The van der Waals surface area contributed by atoms with E-state index >= 15 is 0 Å². The minimum atomic E-state index is -0.923. The maximum absolute atomic E-state index is 10.5. The van der Waals surface area contributed by atoms with Gasteiger partial charge in [-0.25, -0.2) is 14.8 Å². The highest BCUT2D eigenvalue weighted by Gasteiger charge is 2.21. The lowest BCUT2D eigenvalue weighted by Crippen LogP contribution is -2.37. The lowest BCUT2D eigenvalue weighted by atomic mass is 9.86. The Bertz CT molecular complexity index is 418. The number of nitrogens with one attached hydrogen (secondary N) is 2. The molecule has 1 amide bonds. The van der Waals surface area contributed by atoms with E-state index in [1.54, 1.807) is 12.4 Å². The zero-order valence-corrected chi connectivity index (χ0v) is 12.1. The van der Waals surface area contributed by atoms with Crippen LogP contribution in [0.15, 0.2) is 17.1 Å². The number of halogens is 1. The number of carboxylic acid groups (broad SMARTS) is 1. The number of nitrogens with zero attached hydrogens (tertiary/aromatic N) is 2. The first kappa shape index (κ1) is 14.0. The number of carbonyl (C=O) groups is 1. The monoisotopic (exact) mass is 328 g/mol. The fourth-order valence-corrected chi connectivity index (χ4v) is 2.56. The Morgan fingerprint density at radius 2 is 1.95 bits per heavy atom. The Hall–Kier alpha value is -1.37. The maximum atomic E-state index is 10.5. The van der Waals surface area contributed by atoms with Crippen molar-refractivity contribution >= 4 is 27.7 Å². The van der Waals surface area contributed by atoms with Gasteiger partial charge in [0.2, 0.25) is 0 Å². The lowest BCUT2D eigenvalue weighted by Gasteiger charge is -2.28. The highest BCUT2D eigenvalue weighted by molar-refractivity contribution is 9.10. The van der Waals surface area contributed by atoms with Gasteiger partial charge in [0.1, 0.15) is 0 Å². The predicted molar refractivity (Wildman–Crippen MR) is 75.1 cm³/mol. The van der Waals surface area contributed by atoms with Crippen molar-refractivity contribution in [1.82, 2.24) is 15.3 Å². The van der Waals surface area contributed by atoms with E-state index in [1.165, 1.54) is 0 Å². The quantitative estimate of drug-likeness (QED) is 0.739. The molecule has 0 unspecified atom stereocenters. The largest absolute Gasteiger partial charge is 0.465 e. The van der Waals surface area contributed by atoms with Crippen LogP contribution in [0.1, 0.15) is 25.7 Å². The third-order valence-electron chi connectivity index (χ3n) is 3.39. The highest BCUT2D eigenvalue weighted by atomic mass is 79.9. The first-order valence-corrected chi connectivity index (χ1v) is 7.13. The zero-order chi connectivity index (χ0) is 13.7. The van der Waals surface area contributed by atoms with Crippen molar-refractivity contribution < 1.29 is 9.90 Å². The second-order valence-corrected chi connectivity index (χ2v) is 5.50. The standard InChI is InChI=1S/C12H17BrN4O2/c13-11-15-6-10(7-16-11)14-5-8-1-3-9(4-2-8)17-12(18)19/h6-9,14,17H,1-5H2,(H,18,19). The molecule has 1 heterocycles. The molecule has 0 aliphatic heterocycles. The van der Waals surface area contributed by atoms with Crippen molar-refractivity contribution in [2.45, 2.75) is 31.7 Å². The molecular weight excluding hydrogens is 312 g/mol. The van der Waals surface area contributed by atoms with Crippen molar-refractivity contribution in [2.24, 2.45) is 5.92 Å². The van der Waals surface area contributed by atoms with Gasteiger partial charge in [-0.1, -0.05) is 0 Å². The Kier molecular flexibility index (Phi) is 4.95. The summed E-state index contributed by atoms with van der Waals surface area (Å²) in [7, 11) is 0. The molecule has 0 aromatic carbocycles. The van der Waals surface area contributed by atoms with Gasteiger partial charge in [0.15, 0.2) is 4.73 Å². The van der Waals surface area contributed by atoms with Gasteiger partial charge in [-0.05, 0) is 47.5 Å². The van der Waals surface area contributed by atoms with Gasteiger partial charge in [0.05, 0.1) is 18.1 Å². The minimum absolute atomic E-state index is 0.116. The van der Waals surface area contributed by atoms with Crippen molar-refractivity contribution in [3.63, 3.8) is 0 Å². The molecule has 7 heteroatoms. The molecule has 0 radical (unpaired) electrons. The third kappa shape index (κ3) is 4.66. The van der Waals surface area contributed by atoms with Crippen molar-refractivity contribution in [3.05, 3.63) is 17.1 Å². The van der Waals surface area contributed by atoms with Crippen LogP contribution < -0.4 is 10.6 Å². The number of hydrogen-bond donors (Lipinski definition) is 3. The summed E-state index contributed by atoms with van der Waals surface area (Å²) in [6, 6.07) is 0.116. The molecule has 1 aromatic rings. The van der Waals surface area contributed by atoms with E-state index in [2.05, 4.69) is 36.5 Å². The number of hydrogen-bond acceptors (Lipinski definition) is 4. The topological polar surface area (TPSA) is 87.1 Å². The molecule has 0 bridgehead atoms. The summed E-state index contributed by atoms with van der Waals surface area (Å²) in [6.45, 7) is 0.880. The molecule has 1 aromatic heterocycles. The summed E-state index contributed by atoms with van der Waals surface area (Å²) < 4.78 is 0.582. The summed E-state index contributed by atoms with van der Waals surface area (Å²) in [5.74, 6) is 0.579. The minimum Gasteiger partial charge on any atom is -0.465 e. The van der Waals surface area contributed by atoms with E-state index in [-0.39, 0.29) is 6.04 Å². The van der Waals surface area contributed by atoms with E-state index in [0.717, 1.165) is 37.9 Å². The molecule has 2 rings (SSSR count). The van der Waals surface area contributed by atoms with Crippen LogP contribution in [0.3, 0.4) is 0 Å². The van der Waals surface area contributed by atoms with Gasteiger partial charge < -0.3 is 15.7 Å². The van der Waals surface area contributed by atoms with Gasteiger partial charge in [-0.2, -0.15) is 0 Å². The van der Waals surface area contributed by atoms with Crippen molar-refractivity contribution in [1.29, 1.82) is 0 Å². The van der Waals surface area contributed by atoms with E-state index in [0.29, 0.717) is 10.7 Å². The van der Waals surface area contributed by atoms with Gasteiger partial charge in [-0.15, -0.1) is 0 Å². The van der Waals surface area contributed by atoms with Crippen LogP contribution in [-0.4, -0.2) is 33.8 Å². The SMILES string of the molecule is O=C(O)NC1CCC(CNc2cnc(Br)nc2)CC1. The first-order valence-electron chi connectivity index (χ1n) is 6.34. The van der Waals surface area contributed by atoms with Gasteiger partial charge >= 0.3 is 6.09 Å². The molecule has 0 saturated heterocycles. The van der Waals surface area contributed by atoms with Gasteiger partial charge in [-0.3, -0.25) is 0 Å². The second-order valence-electron chi connectivity index (χ2n) is 4.79. The molecular formula is C12H17BrN4O2. The average molecular weight is 329 g/mol. The lowest BCUT2D eigenvalue weighted by molar-refractivity contribution is 0.183. The molecule has 0 spiro atoms. The molecule has 104 valence electrons. The Morgan fingerprint density at radius 1 is 1.32 bits per heavy atom. The molecule has 19 heavy (non-hydrogen) atoms. The van der Waals surface area contributed by atoms with Gasteiger partial charge in [0.25, 0.3) is 0 Å². The summed E-state index contributed by atoms with van der Waals surface area (Å²) in [4.78, 5) is 18.7. The summed E-state index contributed by atoms with van der Waals surface area (Å²) in [5.41, 5.74) is 0.911. The van der Waals surface area contributed by atoms with Crippen LogP contribution in [0.25, 0.3) is 0 Å². The highest BCUT2D eigenvalue weighted by Crippen LogP contribution is 2.24. The molecule has 1 saturated carbocycles. The zero-order valence-electron chi connectivity index (χ0n) is 10.5. The number of amides is 1. The van der Waals surface area contributed by atoms with E-state index in [1.807, 2.05) is 0 Å². The molecule has 1 aliphatic rings. The van der Waals surface area contributed by atoms with Crippen molar-refractivity contribution in [3.8, 4) is 0 Å². The van der Waals surface area contributed by atoms with Crippen LogP contribution in [0.2, 0.25) is 0 Å². The number of anilines is 1. The Labute approximate surface area is 120 Å². The molecule has 1 fully saturated rings. The molecule has 1 aliphatic carbocycles. The van der Waals surface area contributed by atoms with Crippen LogP contribution >= 0.6 is 15.9 Å². The Balaban J connectivity index is 1.71. The third-order valence-corrected chi connectivity index (χ3v) is 3.80. The summed E-state index contributed by atoms with van der Waals surface area (Å²) in [6.07, 6.45) is 6.47. The van der Waals surface area contributed by atoms with E-state index < -0.39 is 6.09 Å². The molecule has 3 N–H and O–H groups in total. The Morgan fingerprint density at radius 3 is 2.53 bits per heavy atom. The first-order chi connectivity index (χ1) is 9.13. The van der Waals surface area contributed by atoms with Crippen LogP contribution in [0.5, 0.6) is 0 Å². The van der Waals surface area contributed by atoms with Crippen molar-refractivity contribution in [2.75, 3.05) is 11.9 Å². The average Bonchev–Trinajstić information content (AvgIpc) is 2.39. The van der Waals surface area contributed by atoms with Gasteiger partial charge in [0, 0.05) is 12.6 Å². The smallest absolute Gasteiger partial charge is 0.404 e. The molecule has 0 atom stereocenters.